The molecule has 0 rings (SSSR count). The minimum atomic E-state index is 0.588. The fourth-order valence-electron chi connectivity index (χ4n) is 0.656. The summed E-state index contributed by atoms with van der Waals surface area (Å²) in [5, 5.41) is 0. The van der Waals surface area contributed by atoms with E-state index in [-0.39, 0.29) is 0 Å². The van der Waals surface area contributed by atoms with Crippen molar-refractivity contribution in [2.45, 2.75) is 13.8 Å². The van der Waals surface area contributed by atoms with Gasteiger partial charge in [-0.2, -0.15) is 0 Å². The third kappa shape index (κ3) is 2.17. The summed E-state index contributed by atoms with van der Waals surface area (Å²) in [6.07, 6.45) is 1.72. The molecule has 0 radical (unpaired) electrons. The van der Waals surface area contributed by atoms with E-state index in [1.807, 2.05) is 13.8 Å². The van der Waals surface area contributed by atoms with E-state index in [1.165, 1.54) is 0 Å². The van der Waals surface area contributed by atoms with E-state index in [0.717, 1.165) is 11.1 Å². The molecule has 0 amide bonds. The smallest absolute Gasteiger partial charge is 0.0313 e. The van der Waals surface area contributed by atoms with Crippen molar-refractivity contribution in [3.05, 3.63) is 36.1 Å². The van der Waals surface area contributed by atoms with Gasteiger partial charge < -0.3 is 5.73 Å². The second-order valence-corrected chi connectivity index (χ2v) is 2.14. The van der Waals surface area contributed by atoms with Crippen molar-refractivity contribution in [1.29, 1.82) is 0 Å². The van der Waals surface area contributed by atoms with Gasteiger partial charge in [-0.15, -0.1) is 0 Å². The summed E-state index contributed by atoms with van der Waals surface area (Å²) in [7, 11) is 0. The van der Waals surface area contributed by atoms with E-state index in [4.69, 9.17) is 5.73 Å². The average molecular weight is 123 g/mol. The number of hydrogen-bond donors (Lipinski definition) is 1. The van der Waals surface area contributed by atoms with Crippen LogP contribution in [0, 0.1) is 0 Å². The highest BCUT2D eigenvalue weighted by molar-refractivity contribution is 5.37. The largest absolute Gasteiger partial charge is 0.399 e. The monoisotopic (exact) mass is 123 g/mol. The van der Waals surface area contributed by atoms with Gasteiger partial charge in [0.05, 0.1) is 0 Å². The normalized spacial score (nSPS) is 8.22. The molecule has 0 aromatic heterocycles. The van der Waals surface area contributed by atoms with E-state index >= 15 is 0 Å². The van der Waals surface area contributed by atoms with Crippen LogP contribution in [0.2, 0.25) is 0 Å². The van der Waals surface area contributed by atoms with Crippen LogP contribution in [0.5, 0.6) is 0 Å². The molecular formula is C8H13N. The first-order valence-corrected chi connectivity index (χ1v) is 2.84. The van der Waals surface area contributed by atoms with Gasteiger partial charge in [0.15, 0.2) is 0 Å². The molecule has 1 nitrogen and oxygen atoms in total. The van der Waals surface area contributed by atoms with E-state index in [1.54, 1.807) is 6.08 Å². The topological polar surface area (TPSA) is 26.0 Å². The molecule has 9 heavy (non-hydrogen) atoms. The Morgan fingerprint density at radius 3 is 1.89 bits per heavy atom. The Hall–Kier alpha value is -0.980. The molecule has 50 valence electrons. The maximum absolute atomic E-state index is 5.42. The van der Waals surface area contributed by atoms with Crippen molar-refractivity contribution in [1.82, 2.24) is 0 Å². The van der Waals surface area contributed by atoms with Gasteiger partial charge in [0, 0.05) is 5.70 Å². The van der Waals surface area contributed by atoms with Gasteiger partial charge in [-0.25, -0.2) is 0 Å². The Kier molecular flexibility index (Phi) is 2.79. The number of allylic oxidation sites excluding steroid dienone is 2. The standard InChI is InChI=1S/C8H13N/c1-5-8(6(2)3)7(4)9/h5H,1,4,9H2,2-3H3. The summed E-state index contributed by atoms with van der Waals surface area (Å²) in [6, 6.07) is 0. The van der Waals surface area contributed by atoms with Crippen LogP contribution in [0.25, 0.3) is 0 Å². The summed E-state index contributed by atoms with van der Waals surface area (Å²) >= 11 is 0. The van der Waals surface area contributed by atoms with E-state index in [2.05, 4.69) is 13.2 Å². The van der Waals surface area contributed by atoms with Crippen LogP contribution in [-0.4, -0.2) is 0 Å². The molecule has 0 aliphatic rings. The summed E-state index contributed by atoms with van der Waals surface area (Å²) in [4.78, 5) is 0. The zero-order valence-electron chi connectivity index (χ0n) is 6.07. The van der Waals surface area contributed by atoms with E-state index in [9.17, 15) is 0 Å². The third-order valence-corrected chi connectivity index (χ3v) is 1.09. The lowest BCUT2D eigenvalue weighted by atomic mass is 10.1. The Morgan fingerprint density at radius 2 is 1.89 bits per heavy atom. The van der Waals surface area contributed by atoms with Crippen LogP contribution in [0.3, 0.4) is 0 Å². The molecule has 0 bridgehead atoms. The summed E-state index contributed by atoms with van der Waals surface area (Å²) < 4.78 is 0. The molecular weight excluding hydrogens is 110 g/mol. The van der Waals surface area contributed by atoms with Crippen molar-refractivity contribution < 1.29 is 0 Å². The molecule has 0 spiro atoms. The summed E-state index contributed by atoms with van der Waals surface area (Å²) in [6.45, 7) is 11.2. The van der Waals surface area contributed by atoms with Crippen molar-refractivity contribution in [3.63, 3.8) is 0 Å². The van der Waals surface area contributed by atoms with Gasteiger partial charge in [-0.1, -0.05) is 24.8 Å². The first-order valence-electron chi connectivity index (χ1n) is 2.84. The van der Waals surface area contributed by atoms with Crippen molar-refractivity contribution in [3.8, 4) is 0 Å². The SMILES string of the molecule is C=CC(C(=C)N)=C(C)C. The van der Waals surface area contributed by atoms with Crippen LogP contribution in [0.4, 0.5) is 0 Å². The van der Waals surface area contributed by atoms with Crippen LogP contribution in [0.1, 0.15) is 13.8 Å². The van der Waals surface area contributed by atoms with E-state index < -0.39 is 0 Å². The van der Waals surface area contributed by atoms with Gasteiger partial charge in [-0.05, 0) is 19.4 Å². The van der Waals surface area contributed by atoms with Crippen molar-refractivity contribution >= 4 is 0 Å². The molecule has 1 heteroatoms. The molecule has 0 atom stereocenters. The van der Waals surface area contributed by atoms with Crippen molar-refractivity contribution in [2.24, 2.45) is 5.73 Å². The molecule has 0 saturated carbocycles. The first-order chi connectivity index (χ1) is 4.09. The molecule has 0 aliphatic carbocycles. The fourth-order valence-corrected chi connectivity index (χ4v) is 0.656. The highest BCUT2D eigenvalue weighted by atomic mass is 14.6. The van der Waals surface area contributed by atoms with Crippen LogP contribution < -0.4 is 5.73 Å². The maximum atomic E-state index is 5.42. The molecule has 0 heterocycles. The van der Waals surface area contributed by atoms with Gasteiger partial charge in [0.1, 0.15) is 0 Å². The lowest BCUT2D eigenvalue weighted by Gasteiger charge is -2.01. The average Bonchev–Trinajstić information content (AvgIpc) is 1.64. The van der Waals surface area contributed by atoms with E-state index in [0.29, 0.717) is 5.70 Å². The Balaban J connectivity index is 4.55. The maximum Gasteiger partial charge on any atom is 0.0313 e. The molecule has 0 saturated heterocycles. The zero-order valence-corrected chi connectivity index (χ0v) is 6.07. The molecule has 0 aromatic carbocycles. The van der Waals surface area contributed by atoms with Crippen LogP contribution in [0.15, 0.2) is 36.1 Å². The molecule has 0 unspecified atom stereocenters. The predicted molar refractivity (Wildman–Crippen MR) is 41.9 cm³/mol. The van der Waals surface area contributed by atoms with Crippen molar-refractivity contribution in [2.75, 3.05) is 0 Å². The minimum absolute atomic E-state index is 0.588. The lowest BCUT2D eigenvalue weighted by molar-refractivity contribution is 1.26. The zero-order chi connectivity index (χ0) is 7.44. The van der Waals surface area contributed by atoms with Gasteiger partial charge in [-0.3, -0.25) is 0 Å². The second-order valence-electron chi connectivity index (χ2n) is 2.14. The lowest BCUT2D eigenvalue weighted by Crippen LogP contribution is -1.97. The molecule has 0 aliphatic heterocycles. The highest BCUT2D eigenvalue weighted by Crippen LogP contribution is 2.08. The highest BCUT2D eigenvalue weighted by Gasteiger charge is 1.92. The minimum Gasteiger partial charge on any atom is -0.399 e. The van der Waals surface area contributed by atoms with Crippen LogP contribution >= 0.6 is 0 Å². The quantitative estimate of drug-likeness (QED) is 0.558. The molecule has 0 fully saturated rings. The third-order valence-electron chi connectivity index (χ3n) is 1.09. The van der Waals surface area contributed by atoms with Gasteiger partial charge in [0.2, 0.25) is 0 Å². The fraction of sp³-hybridized carbons (Fsp3) is 0.250. The summed E-state index contributed by atoms with van der Waals surface area (Å²) in [5.74, 6) is 0. The number of nitrogens with two attached hydrogens (primary N) is 1. The first kappa shape index (κ1) is 8.02. The molecule has 2 N–H and O–H groups in total. The Labute approximate surface area is 56.6 Å². The Morgan fingerprint density at radius 1 is 1.44 bits per heavy atom. The Bertz CT molecular complexity index is 159. The number of rotatable bonds is 2. The van der Waals surface area contributed by atoms with Gasteiger partial charge in [0.25, 0.3) is 0 Å². The summed E-state index contributed by atoms with van der Waals surface area (Å²) in [5.41, 5.74) is 8.12. The predicted octanol–water partition coefficient (Wildman–Crippen LogP) is 1.98. The second kappa shape index (κ2) is 3.13. The van der Waals surface area contributed by atoms with Crippen LogP contribution in [-0.2, 0) is 0 Å². The number of hydrogen-bond acceptors (Lipinski definition) is 1. The van der Waals surface area contributed by atoms with Gasteiger partial charge >= 0.3 is 0 Å². The molecule has 0 aromatic rings.